The lowest BCUT2D eigenvalue weighted by molar-refractivity contribution is 0.881. The maximum Gasteiger partial charge on any atom is 0.130 e. The lowest BCUT2D eigenvalue weighted by atomic mass is 10.3. The highest BCUT2D eigenvalue weighted by Gasteiger charge is 2.20. The minimum Gasteiger partial charge on any atom is -0.388 e. The van der Waals surface area contributed by atoms with E-state index in [2.05, 4.69) is 15.3 Å². The van der Waals surface area contributed by atoms with Gasteiger partial charge in [0.1, 0.15) is 22.8 Å². The van der Waals surface area contributed by atoms with E-state index in [9.17, 15) is 0 Å². The molecule has 0 spiro atoms. The Morgan fingerprint density at radius 1 is 1.57 bits per heavy atom. The van der Waals surface area contributed by atoms with Gasteiger partial charge in [0, 0.05) is 12.6 Å². The Hall–Kier alpha value is -1.23. The molecule has 3 N–H and O–H groups in total. The second-order valence-corrected chi connectivity index (χ2v) is 3.92. The molecule has 2 rings (SSSR count). The van der Waals surface area contributed by atoms with Gasteiger partial charge < -0.3 is 11.1 Å². The molecule has 0 aliphatic heterocycles. The van der Waals surface area contributed by atoms with E-state index in [0.29, 0.717) is 10.7 Å². The first-order chi connectivity index (χ1) is 6.75. The van der Waals surface area contributed by atoms with E-state index < -0.39 is 0 Å². The van der Waals surface area contributed by atoms with Crippen molar-refractivity contribution in [3.63, 3.8) is 0 Å². The van der Waals surface area contributed by atoms with E-state index in [1.807, 2.05) is 0 Å². The first kappa shape index (κ1) is 9.33. The van der Waals surface area contributed by atoms with Crippen molar-refractivity contribution in [3.8, 4) is 0 Å². The topological polar surface area (TPSA) is 63.8 Å². The molecule has 1 aromatic rings. The molecule has 0 radical (unpaired) electrons. The van der Waals surface area contributed by atoms with E-state index >= 15 is 0 Å². The number of nitrogens with zero attached hydrogens (tertiary/aromatic N) is 2. The van der Waals surface area contributed by atoms with Crippen LogP contribution >= 0.6 is 12.2 Å². The summed E-state index contributed by atoms with van der Waals surface area (Å²) in [5.41, 5.74) is 6.08. The van der Waals surface area contributed by atoms with Gasteiger partial charge in [-0.15, -0.1) is 0 Å². The van der Waals surface area contributed by atoms with Crippen LogP contribution in [0.2, 0.25) is 0 Å². The summed E-state index contributed by atoms with van der Waals surface area (Å²) in [6, 6.07) is 1.78. The van der Waals surface area contributed by atoms with Crippen LogP contribution in [0.15, 0.2) is 12.4 Å². The molecule has 0 bridgehead atoms. The van der Waals surface area contributed by atoms with Crippen molar-refractivity contribution in [1.82, 2.24) is 9.97 Å². The maximum absolute atomic E-state index is 5.46. The molecule has 1 fully saturated rings. The Morgan fingerprint density at radius 3 is 3.00 bits per heavy atom. The fourth-order valence-electron chi connectivity index (χ4n) is 1.16. The van der Waals surface area contributed by atoms with Crippen molar-refractivity contribution >= 4 is 23.0 Å². The zero-order chi connectivity index (χ0) is 9.97. The summed E-state index contributed by atoms with van der Waals surface area (Å²) in [6.07, 6.45) is 4.12. The lowest BCUT2D eigenvalue weighted by Gasteiger charge is -2.04. The summed E-state index contributed by atoms with van der Waals surface area (Å²) in [5.74, 6) is 1.62. The van der Waals surface area contributed by atoms with Crippen LogP contribution < -0.4 is 11.1 Å². The molecule has 14 heavy (non-hydrogen) atoms. The van der Waals surface area contributed by atoms with Crippen LogP contribution in [0.1, 0.15) is 18.5 Å². The molecule has 1 aromatic heterocycles. The average molecular weight is 208 g/mol. The number of hydrogen-bond acceptors (Lipinski definition) is 4. The first-order valence-electron chi connectivity index (χ1n) is 4.61. The van der Waals surface area contributed by atoms with Gasteiger partial charge in [-0.25, -0.2) is 9.97 Å². The molecule has 0 amide bonds. The van der Waals surface area contributed by atoms with E-state index in [0.717, 1.165) is 18.3 Å². The molecule has 4 nitrogen and oxygen atoms in total. The minimum atomic E-state index is 0.307. The lowest BCUT2D eigenvalue weighted by Crippen LogP contribution is -2.13. The maximum atomic E-state index is 5.46. The Bertz CT molecular complexity index is 348. The normalized spacial score (nSPS) is 15.1. The highest BCUT2D eigenvalue weighted by atomic mass is 32.1. The quantitative estimate of drug-likeness (QED) is 0.721. The number of rotatable bonds is 4. The number of hydrogen-bond donors (Lipinski definition) is 2. The Labute approximate surface area is 87.9 Å². The van der Waals surface area contributed by atoms with Crippen molar-refractivity contribution in [2.75, 3.05) is 11.9 Å². The summed E-state index contributed by atoms with van der Waals surface area (Å²) in [4.78, 5) is 8.36. The van der Waals surface area contributed by atoms with E-state index in [1.54, 1.807) is 6.07 Å². The van der Waals surface area contributed by atoms with Crippen LogP contribution in [0.5, 0.6) is 0 Å². The molecule has 5 heteroatoms. The van der Waals surface area contributed by atoms with Crippen molar-refractivity contribution in [3.05, 3.63) is 18.1 Å². The van der Waals surface area contributed by atoms with Gasteiger partial charge >= 0.3 is 0 Å². The van der Waals surface area contributed by atoms with E-state index in [4.69, 9.17) is 18.0 Å². The van der Waals surface area contributed by atoms with Gasteiger partial charge in [-0.1, -0.05) is 12.2 Å². The van der Waals surface area contributed by atoms with Crippen LogP contribution in [0.25, 0.3) is 0 Å². The highest BCUT2D eigenvalue weighted by Crippen LogP contribution is 2.28. The first-order valence-corrected chi connectivity index (χ1v) is 5.02. The molecule has 0 unspecified atom stereocenters. The van der Waals surface area contributed by atoms with Crippen LogP contribution in [-0.4, -0.2) is 21.5 Å². The average Bonchev–Trinajstić information content (AvgIpc) is 2.99. The molecule has 0 atom stereocenters. The van der Waals surface area contributed by atoms with Crippen molar-refractivity contribution in [2.24, 2.45) is 11.7 Å². The molecule has 1 heterocycles. The molecule has 0 saturated heterocycles. The SMILES string of the molecule is NC(=S)c1cc(NCC2CC2)ncn1. The van der Waals surface area contributed by atoms with Crippen molar-refractivity contribution in [2.45, 2.75) is 12.8 Å². The van der Waals surface area contributed by atoms with Gasteiger partial charge in [-0.3, -0.25) is 0 Å². The predicted molar refractivity (Wildman–Crippen MR) is 59.1 cm³/mol. The fraction of sp³-hybridized carbons (Fsp3) is 0.444. The fourth-order valence-corrected chi connectivity index (χ4v) is 1.27. The summed E-state index contributed by atoms with van der Waals surface area (Å²) < 4.78 is 0. The molecule has 1 saturated carbocycles. The number of nitrogens with one attached hydrogen (secondary N) is 1. The van der Waals surface area contributed by atoms with Gasteiger partial charge in [0.15, 0.2) is 0 Å². The van der Waals surface area contributed by atoms with Gasteiger partial charge in [0.2, 0.25) is 0 Å². The highest BCUT2D eigenvalue weighted by molar-refractivity contribution is 7.80. The Balaban J connectivity index is 2.01. The second-order valence-electron chi connectivity index (χ2n) is 3.48. The number of nitrogens with two attached hydrogens (primary N) is 1. The Morgan fingerprint density at radius 2 is 2.36 bits per heavy atom. The summed E-state index contributed by atoms with van der Waals surface area (Å²) in [5, 5.41) is 3.24. The minimum absolute atomic E-state index is 0.307. The number of aromatic nitrogens is 2. The summed E-state index contributed by atoms with van der Waals surface area (Å²) >= 11 is 4.83. The van der Waals surface area contributed by atoms with E-state index in [-0.39, 0.29) is 0 Å². The largest absolute Gasteiger partial charge is 0.388 e. The molecule has 74 valence electrons. The van der Waals surface area contributed by atoms with Crippen LogP contribution in [-0.2, 0) is 0 Å². The number of anilines is 1. The van der Waals surface area contributed by atoms with Gasteiger partial charge in [0.05, 0.1) is 0 Å². The van der Waals surface area contributed by atoms with E-state index in [1.165, 1.54) is 19.2 Å². The van der Waals surface area contributed by atoms with Crippen LogP contribution in [0, 0.1) is 5.92 Å². The number of thiocarbonyl (C=S) groups is 1. The molecule has 0 aromatic carbocycles. The van der Waals surface area contributed by atoms with Crippen molar-refractivity contribution in [1.29, 1.82) is 0 Å². The molecular formula is C9H12N4S. The summed E-state index contributed by atoms with van der Waals surface area (Å²) in [7, 11) is 0. The van der Waals surface area contributed by atoms with Gasteiger partial charge in [-0.2, -0.15) is 0 Å². The third-order valence-corrected chi connectivity index (χ3v) is 2.40. The second kappa shape index (κ2) is 3.88. The third-order valence-electron chi connectivity index (χ3n) is 2.19. The zero-order valence-electron chi connectivity index (χ0n) is 7.73. The standard InChI is InChI=1S/C9H12N4S/c10-9(14)7-3-8(13-5-12-7)11-4-6-1-2-6/h3,5-6H,1-2,4H2,(H2,10,14)(H,11,12,13). The Kier molecular flexibility index (Phi) is 2.58. The summed E-state index contributed by atoms with van der Waals surface area (Å²) in [6.45, 7) is 0.980. The smallest absolute Gasteiger partial charge is 0.130 e. The van der Waals surface area contributed by atoms with Crippen LogP contribution in [0.4, 0.5) is 5.82 Å². The van der Waals surface area contributed by atoms with Crippen molar-refractivity contribution < 1.29 is 0 Å². The van der Waals surface area contributed by atoms with Gasteiger partial charge in [-0.05, 0) is 18.8 Å². The molecular weight excluding hydrogens is 196 g/mol. The molecule has 1 aliphatic carbocycles. The monoisotopic (exact) mass is 208 g/mol. The van der Waals surface area contributed by atoms with Crippen LogP contribution in [0.3, 0.4) is 0 Å². The zero-order valence-corrected chi connectivity index (χ0v) is 8.55. The third kappa shape index (κ3) is 2.38. The predicted octanol–water partition coefficient (Wildman–Crippen LogP) is 0.933. The van der Waals surface area contributed by atoms with Gasteiger partial charge in [0.25, 0.3) is 0 Å². The molecule has 1 aliphatic rings.